The summed E-state index contributed by atoms with van der Waals surface area (Å²) in [5.41, 5.74) is 2.18. The number of hydrogen-bond acceptors (Lipinski definition) is 3. The first-order valence-corrected chi connectivity index (χ1v) is 5.83. The highest BCUT2D eigenvalue weighted by atomic mass is 16.6. The molecule has 1 N–H and O–H groups in total. The lowest BCUT2D eigenvalue weighted by molar-refractivity contribution is -0.384. The van der Waals surface area contributed by atoms with E-state index in [-0.39, 0.29) is 5.69 Å². The van der Waals surface area contributed by atoms with Gasteiger partial charge in [0.05, 0.1) is 11.5 Å². The van der Waals surface area contributed by atoms with E-state index in [0.29, 0.717) is 6.54 Å². The van der Waals surface area contributed by atoms with E-state index >= 15 is 0 Å². The Morgan fingerprint density at radius 1 is 1.28 bits per heavy atom. The highest BCUT2D eigenvalue weighted by Gasteiger charge is 2.04. The SMILES string of the molecule is CCn1cccc1CNc1ccc([N+](=O)[O-])cc1. The van der Waals surface area contributed by atoms with Crippen molar-refractivity contribution in [3.63, 3.8) is 0 Å². The molecule has 0 unspecified atom stereocenters. The standard InChI is InChI=1S/C13H15N3O2/c1-2-15-9-3-4-13(15)10-14-11-5-7-12(8-6-11)16(17)18/h3-9,14H,2,10H2,1H3. The Bertz CT molecular complexity index is 531. The lowest BCUT2D eigenvalue weighted by Crippen LogP contribution is -2.05. The van der Waals surface area contributed by atoms with Gasteiger partial charge in [0.25, 0.3) is 5.69 Å². The number of anilines is 1. The van der Waals surface area contributed by atoms with Gasteiger partial charge in [-0.25, -0.2) is 0 Å². The Morgan fingerprint density at radius 2 is 2.00 bits per heavy atom. The molecule has 0 bridgehead atoms. The number of nitro benzene ring substituents is 1. The minimum Gasteiger partial charge on any atom is -0.379 e. The molecule has 0 atom stereocenters. The van der Waals surface area contributed by atoms with Crippen LogP contribution in [0.25, 0.3) is 0 Å². The molecule has 94 valence electrons. The lowest BCUT2D eigenvalue weighted by atomic mass is 10.3. The molecular weight excluding hydrogens is 230 g/mol. The van der Waals surface area contributed by atoms with Crippen molar-refractivity contribution < 1.29 is 4.92 Å². The van der Waals surface area contributed by atoms with Crippen molar-refractivity contribution in [3.8, 4) is 0 Å². The van der Waals surface area contributed by atoms with Gasteiger partial charge in [0, 0.05) is 36.3 Å². The number of aromatic nitrogens is 1. The van der Waals surface area contributed by atoms with E-state index in [2.05, 4.69) is 22.9 Å². The molecule has 0 spiro atoms. The van der Waals surface area contributed by atoms with Crippen LogP contribution < -0.4 is 5.32 Å². The van der Waals surface area contributed by atoms with Crippen molar-refractivity contribution in [2.24, 2.45) is 0 Å². The van der Waals surface area contributed by atoms with Gasteiger partial charge in [-0.15, -0.1) is 0 Å². The molecule has 1 aromatic carbocycles. The first-order chi connectivity index (χ1) is 8.70. The lowest BCUT2D eigenvalue weighted by Gasteiger charge is -2.09. The van der Waals surface area contributed by atoms with Gasteiger partial charge < -0.3 is 9.88 Å². The molecule has 0 saturated heterocycles. The molecule has 2 aromatic rings. The van der Waals surface area contributed by atoms with Crippen LogP contribution in [0.15, 0.2) is 42.6 Å². The fourth-order valence-corrected chi connectivity index (χ4v) is 1.81. The molecule has 0 aliphatic carbocycles. The summed E-state index contributed by atoms with van der Waals surface area (Å²) in [7, 11) is 0. The first-order valence-electron chi connectivity index (χ1n) is 5.83. The normalized spacial score (nSPS) is 10.3. The third kappa shape index (κ3) is 2.68. The molecule has 18 heavy (non-hydrogen) atoms. The zero-order chi connectivity index (χ0) is 13.0. The van der Waals surface area contributed by atoms with Gasteiger partial charge in [-0.05, 0) is 31.2 Å². The van der Waals surface area contributed by atoms with Crippen LogP contribution in [-0.4, -0.2) is 9.49 Å². The second-order valence-corrected chi connectivity index (χ2v) is 3.94. The predicted molar refractivity (Wildman–Crippen MR) is 70.5 cm³/mol. The number of rotatable bonds is 5. The van der Waals surface area contributed by atoms with Crippen molar-refractivity contribution in [3.05, 3.63) is 58.4 Å². The minimum atomic E-state index is -0.397. The summed E-state index contributed by atoms with van der Waals surface area (Å²) >= 11 is 0. The quantitative estimate of drug-likeness (QED) is 0.650. The molecule has 0 aliphatic heterocycles. The highest BCUT2D eigenvalue weighted by Crippen LogP contribution is 2.16. The zero-order valence-electron chi connectivity index (χ0n) is 10.2. The summed E-state index contributed by atoms with van der Waals surface area (Å²) in [4.78, 5) is 10.1. The fourth-order valence-electron chi connectivity index (χ4n) is 1.81. The molecular formula is C13H15N3O2. The molecule has 1 heterocycles. The number of benzene rings is 1. The van der Waals surface area contributed by atoms with Crippen LogP contribution in [0, 0.1) is 10.1 Å². The number of nitro groups is 1. The molecule has 0 radical (unpaired) electrons. The van der Waals surface area contributed by atoms with E-state index in [1.165, 1.54) is 17.8 Å². The Hall–Kier alpha value is -2.30. The second-order valence-electron chi connectivity index (χ2n) is 3.94. The van der Waals surface area contributed by atoms with Crippen LogP contribution >= 0.6 is 0 Å². The maximum atomic E-state index is 10.5. The smallest absolute Gasteiger partial charge is 0.269 e. The van der Waals surface area contributed by atoms with Crippen LogP contribution in [0.2, 0.25) is 0 Å². The van der Waals surface area contributed by atoms with Gasteiger partial charge in [-0.1, -0.05) is 0 Å². The Balaban J connectivity index is 2.00. The van der Waals surface area contributed by atoms with Crippen LogP contribution in [0.5, 0.6) is 0 Å². The van der Waals surface area contributed by atoms with Crippen molar-refractivity contribution in [2.45, 2.75) is 20.0 Å². The fraction of sp³-hybridized carbons (Fsp3) is 0.231. The summed E-state index contributed by atoms with van der Waals surface area (Å²) in [5, 5.41) is 13.8. The average Bonchev–Trinajstić information content (AvgIpc) is 2.84. The third-order valence-corrected chi connectivity index (χ3v) is 2.82. The number of nitrogens with zero attached hydrogens (tertiary/aromatic N) is 2. The monoisotopic (exact) mass is 245 g/mol. The number of nitrogens with one attached hydrogen (secondary N) is 1. The summed E-state index contributed by atoms with van der Waals surface area (Å²) < 4.78 is 2.15. The molecule has 2 rings (SSSR count). The van der Waals surface area contributed by atoms with E-state index in [1.807, 2.05) is 12.3 Å². The second kappa shape index (κ2) is 5.35. The summed E-state index contributed by atoms with van der Waals surface area (Å²) in [6, 6.07) is 10.5. The minimum absolute atomic E-state index is 0.109. The molecule has 0 amide bonds. The van der Waals surface area contributed by atoms with Crippen LogP contribution in [0.1, 0.15) is 12.6 Å². The van der Waals surface area contributed by atoms with Crippen molar-refractivity contribution >= 4 is 11.4 Å². The summed E-state index contributed by atoms with van der Waals surface area (Å²) in [6.07, 6.45) is 2.03. The Morgan fingerprint density at radius 3 is 2.61 bits per heavy atom. The zero-order valence-corrected chi connectivity index (χ0v) is 10.2. The Labute approximate surface area is 105 Å². The van der Waals surface area contributed by atoms with Gasteiger partial charge in [-0.3, -0.25) is 10.1 Å². The number of non-ortho nitro benzene ring substituents is 1. The maximum absolute atomic E-state index is 10.5. The van der Waals surface area contributed by atoms with E-state index in [1.54, 1.807) is 12.1 Å². The van der Waals surface area contributed by atoms with Gasteiger partial charge >= 0.3 is 0 Å². The molecule has 5 heteroatoms. The van der Waals surface area contributed by atoms with Crippen molar-refractivity contribution in [2.75, 3.05) is 5.32 Å². The Kier molecular flexibility index (Phi) is 3.62. The molecule has 1 aromatic heterocycles. The topological polar surface area (TPSA) is 60.1 Å². The molecule has 5 nitrogen and oxygen atoms in total. The first kappa shape index (κ1) is 12.2. The largest absolute Gasteiger partial charge is 0.379 e. The predicted octanol–water partition coefficient (Wildman–Crippen LogP) is 3.03. The molecule has 0 saturated carbocycles. The van der Waals surface area contributed by atoms with E-state index in [4.69, 9.17) is 0 Å². The van der Waals surface area contributed by atoms with Gasteiger partial charge in [0.2, 0.25) is 0 Å². The third-order valence-electron chi connectivity index (χ3n) is 2.82. The van der Waals surface area contributed by atoms with Gasteiger partial charge in [0.15, 0.2) is 0 Å². The van der Waals surface area contributed by atoms with E-state index < -0.39 is 4.92 Å². The molecule has 0 aliphatic rings. The summed E-state index contributed by atoms with van der Waals surface area (Å²) in [5.74, 6) is 0. The van der Waals surface area contributed by atoms with Crippen LogP contribution in [0.3, 0.4) is 0 Å². The van der Waals surface area contributed by atoms with E-state index in [0.717, 1.165) is 12.2 Å². The maximum Gasteiger partial charge on any atom is 0.269 e. The number of hydrogen-bond donors (Lipinski definition) is 1. The highest BCUT2D eigenvalue weighted by molar-refractivity contribution is 5.48. The van der Waals surface area contributed by atoms with E-state index in [9.17, 15) is 10.1 Å². The van der Waals surface area contributed by atoms with Gasteiger partial charge in [-0.2, -0.15) is 0 Å². The van der Waals surface area contributed by atoms with Crippen LogP contribution in [0.4, 0.5) is 11.4 Å². The van der Waals surface area contributed by atoms with Crippen molar-refractivity contribution in [1.29, 1.82) is 0 Å². The van der Waals surface area contributed by atoms with Gasteiger partial charge in [0.1, 0.15) is 0 Å². The van der Waals surface area contributed by atoms with Crippen molar-refractivity contribution in [1.82, 2.24) is 4.57 Å². The van der Waals surface area contributed by atoms with Crippen LogP contribution in [-0.2, 0) is 13.1 Å². The summed E-state index contributed by atoms with van der Waals surface area (Å²) in [6.45, 7) is 3.73. The molecule has 0 fully saturated rings. The average molecular weight is 245 g/mol. The number of aryl methyl sites for hydroxylation is 1.